The van der Waals surface area contributed by atoms with Crippen LogP contribution >= 0.6 is 7.82 Å². The molecule has 49 heavy (non-hydrogen) atoms. The molecule has 0 rings (SSSR count). The first-order valence-electron chi connectivity index (χ1n) is 19.5. The van der Waals surface area contributed by atoms with Crippen LogP contribution in [-0.4, -0.2) is 63.5 Å². The van der Waals surface area contributed by atoms with Crippen LogP contribution in [0.15, 0.2) is 12.2 Å². The summed E-state index contributed by atoms with van der Waals surface area (Å²) in [6, 6.07) is 0. The molecule has 0 aromatic heterocycles. The third-order valence-corrected chi connectivity index (χ3v) is 9.15. The number of carbonyl (C=O) groups excluding carboxylic acids is 2. The largest absolute Gasteiger partial charge is 0.469 e. The normalized spacial score (nSPS) is 14.0. The number of esters is 2. The fourth-order valence-electron chi connectivity index (χ4n) is 5.58. The summed E-state index contributed by atoms with van der Waals surface area (Å²) in [4.78, 5) is 42.7. The van der Waals surface area contributed by atoms with Crippen LogP contribution in [0.2, 0.25) is 0 Å². The van der Waals surface area contributed by atoms with Crippen molar-refractivity contribution in [3.05, 3.63) is 12.2 Å². The molecule has 0 aliphatic heterocycles. The molecule has 0 amide bonds. The van der Waals surface area contributed by atoms with Gasteiger partial charge in [-0.05, 0) is 44.4 Å². The van der Waals surface area contributed by atoms with Gasteiger partial charge in [0.25, 0.3) is 0 Å². The molecule has 11 heteroatoms. The lowest BCUT2D eigenvalue weighted by atomic mass is 10.0. The van der Waals surface area contributed by atoms with Crippen molar-refractivity contribution in [3.63, 3.8) is 0 Å². The van der Waals surface area contributed by atoms with Gasteiger partial charge in [0.05, 0.1) is 18.8 Å². The first kappa shape index (κ1) is 47.7. The summed E-state index contributed by atoms with van der Waals surface area (Å²) in [5.41, 5.74) is 0. The van der Waals surface area contributed by atoms with Crippen molar-refractivity contribution in [3.8, 4) is 0 Å². The Labute approximate surface area is 298 Å². The number of aliphatic hydroxyl groups excluding tert-OH is 2. The molecule has 0 aromatic carbocycles. The number of phosphoric acid groups is 1. The number of carbonyl (C=O) groups is 2. The van der Waals surface area contributed by atoms with Gasteiger partial charge < -0.3 is 29.5 Å². The summed E-state index contributed by atoms with van der Waals surface area (Å²) >= 11 is 0. The quantitative estimate of drug-likeness (QED) is 0.0215. The average Bonchev–Trinajstić information content (AvgIpc) is 3.04. The summed E-state index contributed by atoms with van der Waals surface area (Å²) in [5, 5.41) is 20.3. The third-order valence-electron chi connectivity index (χ3n) is 8.66. The Kier molecular flexibility index (Phi) is 31.7. The smallest absolute Gasteiger partial charge is 0.462 e. The predicted molar refractivity (Wildman–Crippen MR) is 196 cm³/mol. The van der Waals surface area contributed by atoms with Gasteiger partial charge in [-0.25, -0.2) is 4.57 Å². The lowest BCUT2D eigenvalue weighted by molar-refractivity contribution is -0.161. The van der Waals surface area contributed by atoms with Crippen molar-refractivity contribution in [1.29, 1.82) is 0 Å². The Morgan fingerprint density at radius 2 is 1.14 bits per heavy atom. The molecule has 0 bridgehead atoms. The molecule has 10 nitrogen and oxygen atoms in total. The van der Waals surface area contributed by atoms with Gasteiger partial charge in [0.1, 0.15) is 6.61 Å². The lowest BCUT2D eigenvalue weighted by Crippen LogP contribution is -2.29. The second-order valence-electron chi connectivity index (χ2n) is 14.0. The van der Waals surface area contributed by atoms with Crippen LogP contribution < -0.4 is 0 Å². The number of allylic oxidation sites excluding steroid dienone is 1. The monoisotopic (exact) mass is 720 g/mol. The molecule has 0 aliphatic carbocycles. The molecule has 4 N–H and O–H groups in total. The van der Waals surface area contributed by atoms with E-state index in [1.54, 1.807) is 0 Å². The summed E-state index contributed by atoms with van der Waals surface area (Å²) in [7, 11) is -4.79. The fourth-order valence-corrected chi connectivity index (χ4v) is 5.94. The number of phosphoric ester groups is 1. The van der Waals surface area contributed by atoms with Crippen LogP contribution in [0.1, 0.15) is 181 Å². The van der Waals surface area contributed by atoms with Gasteiger partial charge in [0, 0.05) is 12.8 Å². The van der Waals surface area contributed by atoms with E-state index in [9.17, 15) is 24.4 Å². The minimum Gasteiger partial charge on any atom is -0.462 e. The van der Waals surface area contributed by atoms with Crippen LogP contribution in [0.5, 0.6) is 0 Å². The van der Waals surface area contributed by atoms with E-state index in [-0.39, 0.29) is 19.4 Å². The van der Waals surface area contributed by atoms with Crippen molar-refractivity contribution < 1.29 is 48.2 Å². The Morgan fingerprint density at radius 3 is 1.67 bits per heavy atom. The van der Waals surface area contributed by atoms with Gasteiger partial charge in [-0.3, -0.25) is 14.1 Å². The fraction of sp³-hybridized carbons (Fsp3) is 0.895. The number of ether oxygens (including phenoxy) is 2. The van der Waals surface area contributed by atoms with Crippen LogP contribution in [0, 0.1) is 5.92 Å². The maximum absolute atomic E-state index is 12.4. The van der Waals surface area contributed by atoms with Crippen molar-refractivity contribution in [1.82, 2.24) is 0 Å². The van der Waals surface area contributed by atoms with Gasteiger partial charge in [0.2, 0.25) is 0 Å². The molecule has 0 saturated carbocycles. The molecule has 3 atom stereocenters. The van der Waals surface area contributed by atoms with E-state index in [0.717, 1.165) is 63.7 Å². The molecule has 0 aromatic rings. The molecule has 0 unspecified atom stereocenters. The second-order valence-corrected chi connectivity index (χ2v) is 15.3. The van der Waals surface area contributed by atoms with Crippen molar-refractivity contribution >= 4 is 19.8 Å². The SMILES string of the molecule is CCCCC/C=C\C[C@H](O)[C@@H](O)CCCCCCCC(=O)O[C@H](COC(=O)CCCCCCCCCCCCCC(C)C)COP(=O)(O)O. The maximum Gasteiger partial charge on any atom is 0.469 e. The number of aliphatic hydroxyl groups is 2. The van der Waals surface area contributed by atoms with Crippen molar-refractivity contribution in [2.75, 3.05) is 13.2 Å². The topological polar surface area (TPSA) is 160 Å². The highest BCUT2D eigenvalue weighted by Gasteiger charge is 2.23. The highest BCUT2D eigenvalue weighted by atomic mass is 31.2. The van der Waals surface area contributed by atoms with E-state index in [1.807, 2.05) is 6.08 Å². The molecule has 0 fully saturated rings. The molecule has 0 heterocycles. The van der Waals surface area contributed by atoms with E-state index in [2.05, 4.69) is 31.4 Å². The Balaban J connectivity index is 4.07. The number of hydrogen-bond donors (Lipinski definition) is 4. The molecule has 0 radical (unpaired) electrons. The summed E-state index contributed by atoms with van der Waals surface area (Å²) < 4.78 is 26.2. The first-order chi connectivity index (χ1) is 23.4. The number of hydrogen-bond acceptors (Lipinski definition) is 8. The van der Waals surface area contributed by atoms with Gasteiger partial charge in [0.15, 0.2) is 6.10 Å². The van der Waals surface area contributed by atoms with Gasteiger partial charge in [-0.2, -0.15) is 0 Å². The van der Waals surface area contributed by atoms with Crippen LogP contribution in [0.4, 0.5) is 0 Å². The molecular formula is C38H73O10P. The first-order valence-corrected chi connectivity index (χ1v) is 21.0. The average molecular weight is 721 g/mol. The number of unbranched alkanes of at least 4 members (excludes halogenated alkanes) is 17. The summed E-state index contributed by atoms with van der Waals surface area (Å²) in [5.74, 6) is -0.191. The molecular weight excluding hydrogens is 647 g/mol. The van der Waals surface area contributed by atoms with E-state index < -0.39 is 44.7 Å². The zero-order chi connectivity index (χ0) is 36.6. The van der Waals surface area contributed by atoms with E-state index in [1.165, 1.54) is 64.2 Å². The molecule has 0 saturated heterocycles. The van der Waals surface area contributed by atoms with Crippen molar-refractivity contribution in [2.24, 2.45) is 5.92 Å². The maximum atomic E-state index is 12.4. The van der Waals surface area contributed by atoms with Gasteiger partial charge in [-0.1, -0.05) is 142 Å². The Bertz CT molecular complexity index is 859. The third kappa shape index (κ3) is 34.9. The Morgan fingerprint density at radius 1 is 0.633 bits per heavy atom. The standard InChI is InChI=1S/C38H73O10P/c1-4-5-6-7-17-22-27-35(39)36(40)28-23-18-15-20-25-30-38(42)48-34(32-47-49(43,44)45)31-46-37(41)29-24-19-14-12-10-8-9-11-13-16-21-26-33(2)3/h17,22,33-36,39-40H,4-16,18-21,23-32H2,1-3H3,(H2,43,44,45)/b22-17-/t34-,35+,36+/m1/s1. The van der Waals surface area contributed by atoms with E-state index >= 15 is 0 Å². The molecule has 290 valence electrons. The zero-order valence-corrected chi connectivity index (χ0v) is 32.1. The van der Waals surface area contributed by atoms with Gasteiger partial charge in [-0.15, -0.1) is 0 Å². The number of rotatable bonds is 35. The van der Waals surface area contributed by atoms with Crippen LogP contribution in [0.25, 0.3) is 0 Å². The van der Waals surface area contributed by atoms with E-state index in [4.69, 9.17) is 19.3 Å². The summed E-state index contributed by atoms with van der Waals surface area (Å²) in [6.45, 7) is 5.81. The predicted octanol–water partition coefficient (Wildman–Crippen LogP) is 9.26. The molecule has 0 aliphatic rings. The minimum atomic E-state index is -4.79. The van der Waals surface area contributed by atoms with Crippen LogP contribution in [0.3, 0.4) is 0 Å². The van der Waals surface area contributed by atoms with E-state index in [0.29, 0.717) is 25.7 Å². The van der Waals surface area contributed by atoms with Crippen LogP contribution in [-0.2, 0) is 28.2 Å². The van der Waals surface area contributed by atoms with Crippen molar-refractivity contribution in [2.45, 2.75) is 200 Å². The molecule has 0 spiro atoms. The Hall–Kier alpha value is -1.29. The zero-order valence-electron chi connectivity index (χ0n) is 31.2. The lowest BCUT2D eigenvalue weighted by Gasteiger charge is -2.18. The van der Waals surface area contributed by atoms with Gasteiger partial charge >= 0.3 is 19.8 Å². The second kappa shape index (κ2) is 32.6. The highest BCUT2D eigenvalue weighted by molar-refractivity contribution is 7.46. The summed E-state index contributed by atoms with van der Waals surface area (Å²) in [6.07, 6.45) is 25.3. The minimum absolute atomic E-state index is 0.116. The highest BCUT2D eigenvalue weighted by Crippen LogP contribution is 2.36.